The highest BCUT2D eigenvalue weighted by Crippen LogP contribution is 2.20. The Morgan fingerprint density at radius 2 is 1.19 bits per heavy atom. The highest BCUT2D eigenvalue weighted by Gasteiger charge is 2.49. The first-order valence-corrected chi connectivity index (χ1v) is 11.3. The molecule has 3 aromatic carbocycles. The van der Waals surface area contributed by atoms with Crippen LogP contribution in [0, 0.1) is 0 Å². The molecule has 136 valence electrons. The van der Waals surface area contributed by atoms with Crippen molar-refractivity contribution in [1.82, 2.24) is 4.57 Å². The SMILES string of the molecule is CN(C1CCOC1=O)[Si](c1ccccc1)(c1ccccc1)c1ccccc1. The van der Waals surface area contributed by atoms with Gasteiger partial charge in [-0.05, 0) is 22.6 Å². The lowest BCUT2D eigenvalue weighted by molar-refractivity contribution is -0.140. The third kappa shape index (κ3) is 3.01. The van der Waals surface area contributed by atoms with Crippen molar-refractivity contribution in [3.63, 3.8) is 0 Å². The number of hydrogen-bond donors (Lipinski definition) is 0. The van der Waals surface area contributed by atoms with E-state index in [1.54, 1.807) is 0 Å². The molecule has 3 nitrogen and oxygen atoms in total. The topological polar surface area (TPSA) is 29.5 Å². The molecule has 3 aromatic rings. The van der Waals surface area contributed by atoms with Crippen LogP contribution >= 0.6 is 0 Å². The first-order chi connectivity index (χ1) is 13.2. The van der Waals surface area contributed by atoms with E-state index in [2.05, 4.69) is 84.4 Å². The van der Waals surface area contributed by atoms with Gasteiger partial charge in [-0.1, -0.05) is 91.0 Å². The predicted molar refractivity (Wildman–Crippen MR) is 111 cm³/mol. The summed E-state index contributed by atoms with van der Waals surface area (Å²) in [4.78, 5) is 12.5. The maximum Gasteiger partial charge on any atom is 0.322 e. The second kappa shape index (κ2) is 7.51. The lowest BCUT2D eigenvalue weighted by Crippen LogP contribution is -2.78. The highest BCUT2D eigenvalue weighted by atomic mass is 28.3. The zero-order valence-electron chi connectivity index (χ0n) is 15.4. The van der Waals surface area contributed by atoms with Crippen LogP contribution in [0.15, 0.2) is 91.0 Å². The van der Waals surface area contributed by atoms with E-state index in [4.69, 9.17) is 4.74 Å². The average Bonchev–Trinajstić information content (AvgIpc) is 3.17. The Labute approximate surface area is 161 Å². The van der Waals surface area contributed by atoms with E-state index in [0.717, 1.165) is 6.42 Å². The van der Waals surface area contributed by atoms with Crippen molar-refractivity contribution in [1.29, 1.82) is 0 Å². The van der Waals surface area contributed by atoms with Gasteiger partial charge in [-0.25, -0.2) is 0 Å². The molecule has 27 heavy (non-hydrogen) atoms. The highest BCUT2D eigenvalue weighted by molar-refractivity contribution is 7.09. The van der Waals surface area contributed by atoms with E-state index in [1.807, 2.05) is 18.2 Å². The van der Waals surface area contributed by atoms with Crippen molar-refractivity contribution in [2.75, 3.05) is 13.7 Å². The molecule has 0 bridgehead atoms. The number of hydrogen-bond acceptors (Lipinski definition) is 3. The molecule has 1 fully saturated rings. The Morgan fingerprint density at radius 1 is 0.778 bits per heavy atom. The summed E-state index contributed by atoms with van der Waals surface area (Å²) >= 11 is 0. The monoisotopic (exact) mass is 373 g/mol. The van der Waals surface area contributed by atoms with Gasteiger partial charge in [0.2, 0.25) is 8.24 Å². The fourth-order valence-corrected chi connectivity index (χ4v) is 9.17. The molecule has 1 heterocycles. The number of carbonyl (C=O) groups excluding carboxylic acids is 1. The fourth-order valence-electron chi connectivity index (χ4n) is 4.22. The largest absolute Gasteiger partial charge is 0.464 e. The predicted octanol–water partition coefficient (Wildman–Crippen LogP) is 1.90. The van der Waals surface area contributed by atoms with Crippen LogP contribution in [0.3, 0.4) is 0 Å². The maximum atomic E-state index is 12.5. The van der Waals surface area contributed by atoms with E-state index < -0.39 is 8.24 Å². The number of ether oxygens (including phenoxy) is 1. The summed E-state index contributed by atoms with van der Waals surface area (Å²) in [6.45, 7) is 0.497. The lowest BCUT2D eigenvalue weighted by Gasteiger charge is -2.43. The number of carbonyl (C=O) groups is 1. The molecule has 0 aliphatic carbocycles. The quantitative estimate of drug-likeness (QED) is 0.389. The molecule has 0 spiro atoms. The summed E-state index contributed by atoms with van der Waals surface area (Å²) in [5, 5.41) is 3.80. The van der Waals surface area contributed by atoms with Crippen molar-refractivity contribution in [2.24, 2.45) is 0 Å². The molecule has 1 aliphatic rings. The number of benzene rings is 3. The fraction of sp³-hybridized carbons (Fsp3) is 0.174. The molecule has 1 aliphatic heterocycles. The van der Waals surface area contributed by atoms with E-state index in [-0.39, 0.29) is 12.0 Å². The number of rotatable bonds is 5. The molecule has 0 N–H and O–H groups in total. The molecule has 4 heteroatoms. The molecule has 0 aromatic heterocycles. The first-order valence-electron chi connectivity index (χ1n) is 9.30. The Kier molecular flexibility index (Phi) is 4.92. The Morgan fingerprint density at radius 3 is 1.52 bits per heavy atom. The molecular formula is C23H23NO2Si. The lowest BCUT2D eigenvalue weighted by atomic mass is 10.3. The maximum absolute atomic E-state index is 12.5. The minimum atomic E-state index is -2.60. The standard InChI is InChI=1S/C23H23NO2Si/c1-24(22-17-18-26-23(22)25)27(19-11-5-2-6-12-19,20-13-7-3-8-14-20)21-15-9-4-10-16-21/h2-16,22H,17-18H2,1H3. The van der Waals surface area contributed by atoms with Crippen molar-refractivity contribution in [3.05, 3.63) is 91.0 Å². The van der Waals surface area contributed by atoms with Crippen molar-refractivity contribution < 1.29 is 9.53 Å². The first kappa shape index (κ1) is 17.7. The Bertz CT molecular complexity index is 803. The van der Waals surface area contributed by atoms with Crippen LogP contribution in [0.5, 0.6) is 0 Å². The number of nitrogens with zero attached hydrogens (tertiary/aromatic N) is 1. The zero-order chi connectivity index (χ0) is 18.7. The summed E-state index contributed by atoms with van der Waals surface area (Å²) in [7, 11) is -0.508. The van der Waals surface area contributed by atoms with Crippen LogP contribution in [0.2, 0.25) is 0 Å². The van der Waals surface area contributed by atoms with Gasteiger partial charge in [0.1, 0.15) is 6.04 Å². The molecule has 1 unspecified atom stereocenters. The van der Waals surface area contributed by atoms with Gasteiger partial charge in [-0.15, -0.1) is 0 Å². The molecule has 0 radical (unpaired) electrons. The summed E-state index contributed by atoms with van der Waals surface area (Å²) in [6.07, 6.45) is 0.733. The van der Waals surface area contributed by atoms with E-state index in [9.17, 15) is 4.79 Å². The number of cyclic esters (lactones) is 1. The Hall–Kier alpha value is -2.69. The van der Waals surface area contributed by atoms with Crippen molar-refractivity contribution in [3.8, 4) is 0 Å². The summed E-state index contributed by atoms with van der Waals surface area (Å²) in [6, 6.07) is 31.6. The third-order valence-electron chi connectivity index (χ3n) is 5.48. The minimum Gasteiger partial charge on any atom is -0.464 e. The van der Waals surface area contributed by atoms with E-state index >= 15 is 0 Å². The van der Waals surface area contributed by atoms with Gasteiger partial charge in [-0.2, -0.15) is 0 Å². The van der Waals surface area contributed by atoms with Crippen LogP contribution in [0.1, 0.15) is 6.42 Å². The third-order valence-corrected chi connectivity index (χ3v) is 10.4. The van der Waals surface area contributed by atoms with Crippen LogP contribution in [-0.2, 0) is 9.53 Å². The second-order valence-electron chi connectivity index (χ2n) is 6.89. The molecule has 0 saturated carbocycles. The van der Waals surface area contributed by atoms with Crippen LogP contribution in [-0.4, -0.2) is 38.5 Å². The molecule has 1 saturated heterocycles. The number of esters is 1. The average molecular weight is 374 g/mol. The number of likely N-dealkylation sites (N-methyl/N-ethyl adjacent to an activating group) is 1. The van der Waals surface area contributed by atoms with Gasteiger partial charge in [0.05, 0.1) is 6.61 Å². The van der Waals surface area contributed by atoms with E-state index in [0.29, 0.717) is 6.61 Å². The van der Waals surface area contributed by atoms with Crippen LogP contribution < -0.4 is 15.6 Å². The summed E-state index contributed by atoms with van der Waals surface area (Å²) in [5.41, 5.74) is 0. The van der Waals surface area contributed by atoms with Crippen molar-refractivity contribution in [2.45, 2.75) is 12.5 Å². The molecular weight excluding hydrogens is 350 g/mol. The van der Waals surface area contributed by atoms with Gasteiger partial charge in [0, 0.05) is 6.42 Å². The summed E-state index contributed by atoms with van der Waals surface area (Å²) < 4.78 is 7.65. The van der Waals surface area contributed by atoms with Crippen molar-refractivity contribution >= 4 is 29.8 Å². The van der Waals surface area contributed by atoms with Gasteiger partial charge >= 0.3 is 5.97 Å². The zero-order valence-corrected chi connectivity index (χ0v) is 16.4. The minimum absolute atomic E-state index is 0.114. The Balaban J connectivity index is 2.02. The molecule has 0 amide bonds. The smallest absolute Gasteiger partial charge is 0.322 e. The second-order valence-corrected chi connectivity index (χ2v) is 10.7. The van der Waals surface area contributed by atoms with Gasteiger partial charge in [0.25, 0.3) is 0 Å². The molecule has 4 rings (SSSR count). The van der Waals surface area contributed by atoms with Gasteiger partial charge in [-0.3, -0.25) is 4.79 Å². The molecule has 1 atom stereocenters. The van der Waals surface area contributed by atoms with Gasteiger partial charge < -0.3 is 9.30 Å². The van der Waals surface area contributed by atoms with E-state index in [1.165, 1.54) is 15.6 Å². The van der Waals surface area contributed by atoms with Crippen LogP contribution in [0.4, 0.5) is 0 Å². The van der Waals surface area contributed by atoms with Crippen LogP contribution in [0.25, 0.3) is 0 Å². The normalized spacial score (nSPS) is 17.1. The summed E-state index contributed by atoms with van der Waals surface area (Å²) in [5.74, 6) is -0.114. The van der Waals surface area contributed by atoms with Gasteiger partial charge in [0.15, 0.2) is 0 Å².